The minimum absolute atomic E-state index is 0.129. The highest BCUT2D eigenvalue weighted by molar-refractivity contribution is 5.85. The van der Waals surface area contributed by atoms with E-state index in [0.29, 0.717) is 5.92 Å². The first kappa shape index (κ1) is 7.77. The van der Waals surface area contributed by atoms with Crippen LogP contribution in [0, 0.1) is 11.8 Å². The number of carbonyl (C=O) groups excluding carboxylic acids is 1. The molecule has 1 fully saturated rings. The number of rotatable bonds is 0. The second-order valence-corrected chi connectivity index (χ2v) is 3.66. The average Bonchev–Trinajstić information content (AvgIpc) is 2.30. The van der Waals surface area contributed by atoms with Crippen LogP contribution >= 0.6 is 0 Å². The van der Waals surface area contributed by atoms with E-state index in [2.05, 4.69) is 10.5 Å². The van der Waals surface area contributed by atoms with Gasteiger partial charge in [0.1, 0.15) is 0 Å². The Morgan fingerprint density at radius 2 is 2.17 bits per heavy atom. The first-order valence-electron chi connectivity index (χ1n) is 4.71. The van der Waals surface area contributed by atoms with Crippen molar-refractivity contribution in [3.63, 3.8) is 0 Å². The molecule has 1 aliphatic carbocycles. The summed E-state index contributed by atoms with van der Waals surface area (Å²) in [6, 6.07) is 0. The van der Waals surface area contributed by atoms with Gasteiger partial charge in [0, 0.05) is 18.1 Å². The molecule has 2 atom stereocenters. The molecular formula is C9H14N2O. The molecule has 0 spiro atoms. The zero-order valence-electron chi connectivity index (χ0n) is 7.12. The Morgan fingerprint density at radius 1 is 1.33 bits per heavy atom. The lowest BCUT2D eigenvalue weighted by atomic mass is 9.87. The third-order valence-corrected chi connectivity index (χ3v) is 2.85. The molecule has 1 N–H and O–H groups in total. The molecule has 0 saturated heterocycles. The van der Waals surface area contributed by atoms with Gasteiger partial charge in [-0.2, -0.15) is 5.10 Å². The van der Waals surface area contributed by atoms with E-state index in [-0.39, 0.29) is 11.8 Å². The van der Waals surface area contributed by atoms with E-state index in [0.717, 1.165) is 12.8 Å². The highest BCUT2D eigenvalue weighted by Crippen LogP contribution is 2.29. The van der Waals surface area contributed by atoms with Gasteiger partial charge in [-0.15, -0.1) is 0 Å². The predicted octanol–water partition coefficient (Wildman–Crippen LogP) is 1.30. The van der Waals surface area contributed by atoms with Crippen LogP contribution in [-0.4, -0.2) is 12.1 Å². The van der Waals surface area contributed by atoms with Crippen LogP contribution in [0.5, 0.6) is 0 Å². The van der Waals surface area contributed by atoms with Gasteiger partial charge in [-0.3, -0.25) is 4.79 Å². The largest absolute Gasteiger partial charge is 0.273 e. The van der Waals surface area contributed by atoms with Crippen molar-refractivity contribution in [2.75, 3.05) is 0 Å². The summed E-state index contributed by atoms with van der Waals surface area (Å²) in [5, 5.41) is 3.86. The van der Waals surface area contributed by atoms with Crippen molar-refractivity contribution in [2.45, 2.75) is 32.1 Å². The van der Waals surface area contributed by atoms with Crippen LogP contribution < -0.4 is 5.43 Å². The molecule has 3 heteroatoms. The van der Waals surface area contributed by atoms with Crippen molar-refractivity contribution in [3.05, 3.63) is 0 Å². The van der Waals surface area contributed by atoms with Crippen molar-refractivity contribution >= 4 is 12.1 Å². The Kier molecular flexibility index (Phi) is 2.11. The Labute approximate surface area is 72.2 Å². The summed E-state index contributed by atoms with van der Waals surface area (Å²) in [6.07, 6.45) is 7.82. The highest BCUT2D eigenvalue weighted by atomic mass is 16.2. The summed E-state index contributed by atoms with van der Waals surface area (Å²) in [5.74, 6) is 0.760. The van der Waals surface area contributed by atoms with Gasteiger partial charge in [0.2, 0.25) is 5.91 Å². The van der Waals surface area contributed by atoms with Crippen LogP contribution in [0.25, 0.3) is 0 Å². The standard InChI is InChI=1S/C9H14N2O/c12-9-8-5-3-1-2-4-7(8)6-10-11-9/h6-8H,1-5H2,(H,11,12). The minimum atomic E-state index is 0.129. The number of nitrogens with one attached hydrogen (secondary N) is 1. The van der Waals surface area contributed by atoms with E-state index in [9.17, 15) is 4.79 Å². The van der Waals surface area contributed by atoms with Crippen molar-refractivity contribution < 1.29 is 4.79 Å². The van der Waals surface area contributed by atoms with Crippen molar-refractivity contribution in [1.29, 1.82) is 0 Å². The Hall–Kier alpha value is -0.860. The van der Waals surface area contributed by atoms with Gasteiger partial charge in [0.25, 0.3) is 0 Å². The van der Waals surface area contributed by atoms with E-state index < -0.39 is 0 Å². The summed E-state index contributed by atoms with van der Waals surface area (Å²) in [7, 11) is 0. The summed E-state index contributed by atoms with van der Waals surface area (Å²) >= 11 is 0. The molecule has 1 saturated carbocycles. The van der Waals surface area contributed by atoms with E-state index in [4.69, 9.17) is 0 Å². The molecule has 66 valence electrons. The van der Waals surface area contributed by atoms with Crippen molar-refractivity contribution in [3.8, 4) is 0 Å². The molecule has 2 unspecified atom stereocenters. The summed E-state index contributed by atoms with van der Waals surface area (Å²) in [5.41, 5.74) is 2.54. The van der Waals surface area contributed by atoms with Crippen molar-refractivity contribution in [2.24, 2.45) is 16.9 Å². The summed E-state index contributed by atoms with van der Waals surface area (Å²) < 4.78 is 0. The van der Waals surface area contributed by atoms with Crippen LogP contribution in [0.3, 0.4) is 0 Å². The lowest BCUT2D eigenvalue weighted by Crippen LogP contribution is -2.36. The number of hydrogen-bond donors (Lipinski definition) is 1. The summed E-state index contributed by atoms with van der Waals surface area (Å²) in [6.45, 7) is 0. The van der Waals surface area contributed by atoms with E-state index in [1.807, 2.05) is 6.21 Å². The maximum Gasteiger partial charge on any atom is 0.243 e. The number of amides is 1. The Morgan fingerprint density at radius 3 is 3.08 bits per heavy atom. The molecule has 0 aromatic carbocycles. The maximum absolute atomic E-state index is 11.4. The fraction of sp³-hybridized carbons (Fsp3) is 0.778. The van der Waals surface area contributed by atoms with Crippen LogP contribution in [0.4, 0.5) is 0 Å². The smallest absolute Gasteiger partial charge is 0.243 e. The van der Waals surface area contributed by atoms with Crippen molar-refractivity contribution in [1.82, 2.24) is 5.43 Å². The molecule has 0 aromatic rings. The number of nitrogens with zero attached hydrogens (tertiary/aromatic N) is 1. The predicted molar refractivity (Wildman–Crippen MR) is 46.7 cm³/mol. The fourth-order valence-electron chi connectivity index (χ4n) is 2.12. The van der Waals surface area contributed by atoms with E-state index in [1.54, 1.807) is 0 Å². The topological polar surface area (TPSA) is 41.5 Å². The van der Waals surface area contributed by atoms with Gasteiger partial charge >= 0.3 is 0 Å². The zero-order valence-corrected chi connectivity index (χ0v) is 7.12. The average molecular weight is 166 g/mol. The molecule has 0 aromatic heterocycles. The first-order valence-corrected chi connectivity index (χ1v) is 4.71. The lowest BCUT2D eigenvalue weighted by Gasteiger charge is -2.23. The van der Waals surface area contributed by atoms with Gasteiger partial charge in [0.05, 0.1) is 0 Å². The molecular weight excluding hydrogens is 152 g/mol. The van der Waals surface area contributed by atoms with Gasteiger partial charge in [-0.05, 0) is 12.8 Å². The van der Waals surface area contributed by atoms with Gasteiger partial charge < -0.3 is 0 Å². The molecule has 3 nitrogen and oxygen atoms in total. The normalized spacial score (nSPS) is 35.2. The third-order valence-electron chi connectivity index (χ3n) is 2.85. The fourth-order valence-corrected chi connectivity index (χ4v) is 2.12. The number of fused-ring (bicyclic) bond motifs is 1. The monoisotopic (exact) mass is 166 g/mol. The lowest BCUT2D eigenvalue weighted by molar-refractivity contribution is -0.126. The number of carbonyl (C=O) groups is 1. The second-order valence-electron chi connectivity index (χ2n) is 3.66. The number of hydrazone groups is 1. The van der Waals surface area contributed by atoms with Crippen LogP contribution in [0.15, 0.2) is 5.10 Å². The minimum Gasteiger partial charge on any atom is -0.273 e. The molecule has 2 aliphatic rings. The Bertz CT molecular complexity index is 213. The molecule has 1 heterocycles. The van der Waals surface area contributed by atoms with E-state index >= 15 is 0 Å². The van der Waals surface area contributed by atoms with Crippen LogP contribution in [0.2, 0.25) is 0 Å². The van der Waals surface area contributed by atoms with Crippen LogP contribution in [-0.2, 0) is 4.79 Å². The van der Waals surface area contributed by atoms with E-state index in [1.165, 1.54) is 19.3 Å². The molecule has 2 rings (SSSR count). The molecule has 12 heavy (non-hydrogen) atoms. The highest BCUT2D eigenvalue weighted by Gasteiger charge is 2.30. The molecule has 0 bridgehead atoms. The van der Waals surface area contributed by atoms with Gasteiger partial charge in [-0.1, -0.05) is 19.3 Å². The Balaban J connectivity index is 2.14. The number of hydrogen-bond acceptors (Lipinski definition) is 2. The summed E-state index contributed by atoms with van der Waals surface area (Å²) in [4.78, 5) is 11.4. The quantitative estimate of drug-likeness (QED) is 0.579. The van der Waals surface area contributed by atoms with Crippen LogP contribution in [0.1, 0.15) is 32.1 Å². The molecule has 0 radical (unpaired) electrons. The first-order chi connectivity index (χ1) is 5.88. The molecule has 1 amide bonds. The maximum atomic E-state index is 11.4. The third kappa shape index (κ3) is 1.36. The second kappa shape index (κ2) is 3.25. The van der Waals surface area contributed by atoms with Gasteiger partial charge in [0.15, 0.2) is 0 Å². The zero-order chi connectivity index (χ0) is 8.39. The SMILES string of the molecule is O=C1NN=CC2CCCCCC12. The van der Waals surface area contributed by atoms with Gasteiger partial charge in [-0.25, -0.2) is 5.43 Å². The molecule has 1 aliphatic heterocycles.